The van der Waals surface area contributed by atoms with Gasteiger partial charge in [-0.2, -0.15) is 0 Å². The first kappa shape index (κ1) is 11.1. The van der Waals surface area contributed by atoms with Gasteiger partial charge >= 0.3 is 0 Å². The smallest absolute Gasteiger partial charge is 0.151 e. The number of phenolic OH excluding ortho intramolecular Hbond substituents is 1. The molecule has 4 heteroatoms. The summed E-state index contributed by atoms with van der Waals surface area (Å²) in [5.41, 5.74) is 0.622. The summed E-state index contributed by atoms with van der Waals surface area (Å²) in [6, 6.07) is 10.5. The van der Waals surface area contributed by atoms with Gasteiger partial charge in [-0.15, -0.1) is 0 Å². The molecule has 0 aliphatic rings. The van der Waals surface area contributed by atoms with Gasteiger partial charge in [0.2, 0.25) is 0 Å². The Morgan fingerprint density at radius 2 is 2.18 bits per heavy atom. The van der Waals surface area contributed by atoms with Crippen LogP contribution >= 0.6 is 0 Å². The van der Waals surface area contributed by atoms with Gasteiger partial charge in [0.1, 0.15) is 11.5 Å². The van der Waals surface area contributed by atoms with E-state index in [2.05, 4.69) is 9.98 Å². The molecule has 0 fully saturated rings. The number of methoxy groups -OCH3 is 1. The van der Waals surface area contributed by atoms with Crippen LogP contribution in [0, 0.1) is 0 Å². The predicted octanol–water partition coefficient (Wildman–Crippen LogP) is 2.55. The van der Waals surface area contributed by atoms with Crippen molar-refractivity contribution in [1.29, 1.82) is 0 Å². The lowest BCUT2D eigenvalue weighted by atomic mass is 10.2. The van der Waals surface area contributed by atoms with Crippen LogP contribution in [0.2, 0.25) is 0 Å². The van der Waals surface area contributed by atoms with Gasteiger partial charge in [-0.25, -0.2) is 9.98 Å². The molecule has 4 nitrogen and oxygen atoms in total. The highest BCUT2D eigenvalue weighted by atomic mass is 16.5. The Hall–Kier alpha value is -2.36. The van der Waals surface area contributed by atoms with Gasteiger partial charge in [0.05, 0.1) is 7.11 Å². The van der Waals surface area contributed by atoms with Crippen LogP contribution in [-0.4, -0.2) is 23.4 Å². The van der Waals surface area contributed by atoms with Crippen molar-refractivity contribution in [2.45, 2.75) is 0 Å². The normalized spacial score (nSPS) is 10.6. The van der Waals surface area contributed by atoms with Crippen LogP contribution in [0.25, 0.3) is 0 Å². The lowest BCUT2D eigenvalue weighted by Crippen LogP contribution is -1.86. The molecule has 0 saturated heterocycles. The number of rotatable bonds is 3. The molecule has 0 bridgehead atoms. The van der Waals surface area contributed by atoms with Crippen LogP contribution in [0.1, 0.15) is 5.56 Å². The van der Waals surface area contributed by atoms with Crippen LogP contribution in [0.4, 0.5) is 5.82 Å². The maximum absolute atomic E-state index is 9.71. The van der Waals surface area contributed by atoms with Crippen LogP contribution in [0.15, 0.2) is 47.6 Å². The lowest BCUT2D eigenvalue weighted by molar-refractivity contribution is 0.407. The van der Waals surface area contributed by atoms with Crippen LogP contribution in [0.5, 0.6) is 11.5 Å². The van der Waals surface area contributed by atoms with Gasteiger partial charge in [0.15, 0.2) is 5.82 Å². The third-order valence-electron chi connectivity index (χ3n) is 2.22. The average Bonchev–Trinajstić information content (AvgIpc) is 2.38. The van der Waals surface area contributed by atoms with Crippen LogP contribution < -0.4 is 4.74 Å². The molecular formula is C13H12N2O2. The third kappa shape index (κ3) is 2.81. The molecule has 1 heterocycles. The zero-order valence-corrected chi connectivity index (χ0v) is 9.37. The molecule has 17 heavy (non-hydrogen) atoms. The molecule has 0 atom stereocenters. The summed E-state index contributed by atoms with van der Waals surface area (Å²) >= 11 is 0. The van der Waals surface area contributed by atoms with Crippen molar-refractivity contribution >= 4 is 12.0 Å². The zero-order chi connectivity index (χ0) is 12.1. The zero-order valence-electron chi connectivity index (χ0n) is 9.37. The molecule has 1 N–H and O–H groups in total. The van der Waals surface area contributed by atoms with Crippen LogP contribution in [-0.2, 0) is 0 Å². The SMILES string of the molecule is COc1ccc(/C=N/c2ccccn2)c(O)c1. The lowest BCUT2D eigenvalue weighted by Gasteiger charge is -2.02. The fourth-order valence-electron chi connectivity index (χ4n) is 1.33. The van der Waals surface area contributed by atoms with E-state index < -0.39 is 0 Å². The summed E-state index contributed by atoms with van der Waals surface area (Å²) in [4.78, 5) is 8.21. The number of hydrogen-bond donors (Lipinski definition) is 1. The number of hydrogen-bond acceptors (Lipinski definition) is 4. The van der Waals surface area contributed by atoms with E-state index in [0.29, 0.717) is 17.1 Å². The number of aromatic nitrogens is 1. The largest absolute Gasteiger partial charge is 0.507 e. The molecule has 2 rings (SSSR count). The Morgan fingerprint density at radius 3 is 2.82 bits per heavy atom. The predicted molar refractivity (Wildman–Crippen MR) is 66.1 cm³/mol. The number of pyridine rings is 1. The van der Waals surface area contributed by atoms with Crippen molar-refractivity contribution in [2.75, 3.05) is 7.11 Å². The number of benzene rings is 1. The number of ether oxygens (including phenoxy) is 1. The van der Waals surface area contributed by atoms with Crippen molar-refractivity contribution in [3.05, 3.63) is 48.2 Å². The van der Waals surface area contributed by atoms with Gasteiger partial charge in [0, 0.05) is 24.0 Å². The summed E-state index contributed by atoms with van der Waals surface area (Å²) in [5, 5.41) is 9.71. The van der Waals surface area contributed by atoms with E-state index in [-0.39, 0.29) is 5.75 Å². The average molecular weight is 228 g/mol. The summed E-state index contributed by atoms with van der Waals surface area (Å²) in [5.74, 6) is 1.34. The minimum atomic E-state index is 0.129. The molecule has 0 aliphatic heterocycles. The molecule has 0 aliphatic carbocycles. The molecular weight excluding hydrogens is 216 g/mol. The van der Waals surface area contributed by atoms with Crippen molar-refractivity contribution < 1.29 is 9.84 Å². The Bertz CT molecular complexity index is 524. The van der Waals surface area contributed by atoms with Gasteiger partial charge < -0.3 is 9.84 Å². The van der Waals surface area contributed by atoms with Crippen molar-refractivity contribution in [3.63, 3.8) is 0 Å². The standard InChI is InChI=1S/C13H12N2O2/c1-17-11-6-5-10(12(16)8-11)9-15-13-4-2-3-7-14-13/h2-9,16H,1H3/b15-9+. The number of phenols is 1. The van der Waals surface area contributed by atoms with Gasteiger partial charge in [0.25, 0.3) is 0 Å². The molecule has 0 radical (unpaired) electrons. The number of aliphatic imine (C=N–C) groups is 1. The quantitative estimate of drug-likeness (QED) is 0.821. The Labute approximate surface area is 99.2 Å². The molecule has 1 aromatic heterocycles. The molecule has 1 aromatic carbocycles. The first-order chi connectivity index (χ1) is 8.29. The molecule has 0 saturated carbocycles. The molecule has 0 amide bonds. The van der Waals surface area contributed by atoms with Crippen molar-refractivity contribution in [2.24, 2.45) is 4.99 Å². The summed E-state index contributed by atoms with van der Waals surface area (Å²) < 4.78 is 5.00. The first-order valence-corrected chi connectivity index (χ1v) is 5.11. The second-order valence-electron chi connectivity index (χ2n) is 3.37. The summed E-state index contributed by atoms with van der Waals surface area (Å²) in [6.07, 6.45) is 3.23. The minimum Gasteiger partial charge on any atom is -0.507 e. The van der Waals surface area contributed by atoms with Gasteiger partial charge in [-0.3, -0.25) is 0 Å². The van der Waals surface area contributed by atoms with E-state index in [1.54, 1.807) is 43.8 Å². The Kier molecular flexibility index (Phi) is 3.35. The molecule has 0 unspecified atom stereocenters. The van der Waals surface area contributed by atoms with Crippen LogP contribution in [0.3, 0.4) is 0 Å². The number of nitrogens with zero attached hydrogens (tertiary/aromatic N) is 2. The maximum Gasteiger partial charge on any atom is 0.151 e. The molecule has 86 valence electrons. The minimum absolute atomic E-state index is 0.129. The second kappa shape index (κ2) is 5.12. The summed E-state index contributed by atoms with van der Waals surface area (Å²) in [6.45, 7) is 0. The van der Waals surface area contributed by atoms with Crippen molar-refractivity contribution in [1.82, 2.24) is 4.98 Å². The van der Waals surface area contributed by atoms with Gasteiger partial charge in [-0.1, -0.05) is 6.07 Å². The highest BCUT2D eigenvalue weighted by molar-refractivity contribution is 5.85. The Balaban J connectivity index is 2.22. The molecule has 2 aromatic rings. The monoisotopic (exact) mass is 228 g/mol. The summed E-state index contributed by atoms with van der Waals surface area (Å²) in [7, 11) is 1.55. The Morgan fingerprint density at radius 1 is 1.29 bits per heavy atom. The fourth-order valence-corrected chi connectivity index (χ4v) is 1.33. The topological polar surface area (TPSA) is 54.7 Å². The van der Waals surface area contributed by atoms with E-state index in [4.69, 9.17) is 4.74 Å². The van der Waals surface area contributed by atoms with Crippen molar-refractivity contribution in [3.8, 4) is 11.5 Å². The second-order valence-corrected chi connectivity index (χ2v) is 3.37. The molecule has 0 spiro atoms. The van der Waals surface area contributed by atoms with E-state index >= 15 is 0 Å². The number of aromatic hydroxyl groups is 1. The first-order valence-electron chi connectivity index (χ1n) is 5.11. The maximum atomic E-state index is 9.71. The highest BCUT2D eigenvalue weighted by Crippen LogP contribution is 2.22. The van der Waals surface area contributed by atoms with Gasteiger partial charge in [-0.05, 0) is 24.3 Å². The van der Waals surface area contributed by atoms with E-state index in [1.165, 1.54) is 0 Å². The third-order valence-corrected chi connectivity index (χ3v) is 2.22. The fraction of sp³-hybridized carbons (Fsp3) is 0.0769. The van der Waals surface area contributed by atoms with E-state index in [1.807, 2.05) is 12.1 Å². The van der Waals surface area contributed by atoms with E-state index in [9.17, 15) is 5.11 Å². The highest BCUT2D eigenvalue weighted by Gasteiger charge is 2.00. The van der Waals surface area contributed by atoms with E-state index in [0.717, 1.165) is 0 Å².